The molecule has 0 amide bonds. The number of hydrogen-bond donors (Lipinski definition) is 1. The lowest BCUT2D eigenvalue weighted by Crippen LogP contribution is -2.39. The van der Waals surface area contributed by atoms with Crippen molar-refractivity contribution in [1.29, 1.82) is 0 Å². The summed E-state index contributed by atoms with van der Waals surface area (Å²) in [5, 5.41) is 1.44. The average Bonchev–Trinajstić information content (AvgIpc) is 3.05. The maximum atomic E-state index is 13.3. The number of halogens is 2. The largest absolute Gasteiger partial charge is 0.329 e. The van der Waals surface area contributed by atoms with Gasteiger partial charge in [-0.25, -0.2) is 4.79 Å². The number of rotatable bonds is 7. The zero-order chi connectivity index (χ0) is 20.4. The van der Waals surface area contributed by atoms with Crippen LogP contribution in [0.3, 0.4) is 0 Å². The van der Waals surface area contributed by atoms with Crippen LogP contribution >= 0.6 is 34.5 Å². The van der Waals surface area contributed by atoms with Crippen LogP contribution in [0.4, 0.5) is 0 Å². The van der Waals surface area contributed by atoms with E-state index in [0.717, 1.165) is 35.5 Å². The minimum atomic E-state index is -0.366. The van der Waals surface area contributed by atoms with E-state index >= 15 is 0 Å². The molecule has 0 spiro atoms. The highest BCUT2D eigenvalue weighted by molar-refractivity contribution is 7.19. The van der Waals surface area contributed by atoms with Crippen molar-refractivity contribution in [2.45, 2.75) is 33.7 Å². The zero-order valence-corrected chi connectivity index (χ0v) is 18.5. The molecule has 0 saturated carbocycles. The van der Waals surface area contributed by atoms with Gasteiger partial charge in [0.15, 0.2) is 0 Å². The molecule has 0 saturated heterocycles. The number of fused-ring (bicyclic) bond motifs is 1. The summed E-state index contributed by atoms with van der Waals surface area (Å²) >= 11 is 13.7. The van der Waals surface area contributed by atoms with E-state index in [0.29, 0.717) is 33.4 Å². The number of aromatic nitrogens is 2. The van der Waals surface area contributed by atoms with Gasteiger partial charge in [0.2, 0.25) is 0 Å². The van der Waals surface area contributed by atoms with Crippen molar-refractivity contribution >= 4 is 44.8 Å². The molecule has 0 atom stereocenters. The summed E-state index contributed by atoms with van der Waals surface area (Å²) < 4.78 is 1.30. The first-order valence-corrected chi connectivity index (χ1v) is 10.9. The third-order valence-corrected chi connectivity index (χ3v) is 6.96. The van der Waals surface area contributed by atoms with Crippen molar-refractivity contribution in [3.05, 3.63) is 54.0 Å². The Morgan fingerprint density at radius 1 is 1.11 bits per heavy atom. The second-order valence-electron chi connectivity index (χ2n) is 6.50. The van der Waals surface area contributed by atoms with Gasteiger partial charge in [-0.05, 0) is 37.2 Å². The molecular weight excluding hydrogens is 417 g/mol. The SMILES string of the molecule is CCc1sc2[nH]c(=O)n(CCN(CC)CC)c(=O)c2c1-c1ccc(Cl)c(Cl)c1. The molecule has 5 nitrogen and oxygen atoms in total. The molecule has 8 heteroatoms. The molecule has 28 heavy (non-hydrogen) atoms. The molecule has 0 aliphatic rings. The predicted molar refractivity (Wildman–Crippen MR) is 119 cm³/mol. The summed E-state index contributed by atoms with van der Waals surface area (Å²) in [6, 6.07) is 5.36. The fourth-order valence-corrected chi connectivity index (χ4v) is 4.79. The van der Waals surface area contributed by atoms with Crippen molar-refractivity contribution < 1.29 is 0 Å². The lowest BCUT2D eigenvalue weighted by molar-refractivity contribution is 0.287. The van der Waals surface area contributed by atoms with Crippen LogP contribution in [0.15, 0.2) is 27.8 Å². The molecule has 150 valence electrons. The van der Waals surface area contributed by atoms with Crippen molar-refractivity contribution in [1.82, 2.24) is 14.5 Å². The van der Waals surface area contributed by atoms with Crippen LogP contribution in [-0.2, 0) is 13.0 Å². The topological polar surface area (TPSA) is 58.1 Å². The Morgan fingerprint density at radius 2 is 1.82 bits per heavy atom. The van der Waals surface area contributed by atoms with Crippen LogP contribution in [0, 0.1) is 0 Å². The monoisotopic (exact) mass is 439 g/mol. The second-order valence-corrected chi connectivity index (χ2v) is 8.42. The number of thiophene rings is 1. The first kappa shape index (κ1) is 21.1. The molecule has 0 bridgehead atoms. The highest BCUT2D eigenvalue weighted by atomic mass is 35.5. The molecule has 0 radical (unpaired) electrons. The first-order chi connectivity index (χ1) is 13.4. The standard InChI is InChI=1S/C20H23Cl2N3O2S/c1-4-15-16(12-7-8-13(21)14(22)11-12)17-18(28-15)23-20(27)25(19(17)26)10-9-24(5-2)6-3/h7-8,11H,4-6,9-10H2,1-3H3,(H,23,27). The van der Waals surface area contributed by atoms with Gasteiger partial charge in [-0.1, -0.05) is 50.0 Å². The Morgan fingerprint density at radius 3 is 2.43 bits per heavy atom. The molecule has 2 heterocycles. The Hall–Kier alpha value is -1.60. The lowest BCUT2D eigenvalue weighted by atomic mass is 10.0. The number of benzene rings is 1. The average molecular weight is 440 g/mol. The van der Waals surface area contributed by atoms with Crippen molar-refractivity contribution in [2.75, 3.05) is 19.6 Å². The molecule has 0 unspecified atom stereocenters. The van der Waals surface area contributed by atoms with Crippen LogP contribution in [0.1, 0.15) is 25.6 Å². The van der Waals surface area contributed by atoms with Crippen LogP contribution in [0.2, 0.25) is 10.0 Å². The molecule has 0 fully saturated rings. The highest BCUT2D eigenvalue weighted by Crippen LogP contribution is 2.38. The molecular formula is C20H23Cl2N3O2S. The second kappa shape index (κ2) is 8.82. The predicted octanol–water partition coefficient (Wildman–Crippen LogP) is 4.63. The Kier molecular flexibility index (Phi) is 6.65. The number of hydrogen-bond acceptors (Lipinski definition) is 4. The van der Waals surface area contributed by atoms with Gasteiger partial charge in [-0.15, -0.1) is 11.3 Å². The van der Waals surface area contributed by atoms with E-state index in [2.05, 4.69) is 23.7 Å². The number of likely N-dealkylation sites (N-methyl/N-ethyl adjacent to an activating group) is 1. The number of aryl methyl sites for hydroxylation is 1. The van der Waals surface area contributed by atoms with E-state index in [1.54, 1.807) is 12.1 Å². The van der Waals surface area contributed by atoms with Crippen molar-refractivity contribution in [3.8, 4) is 11.1 Å². The van der Waals surface area contributed by atoms with Gasteiger partial charge in [0, 0.05) is 23.5 Å². The van der Waals surface area contributed by atoms with E-state index < -0.39 is 0 Å². The fraction of sp³-hybridized carbons (Fsp3) is 0.400. The van der Waals surface area contributed by atoms with Crippen LogP contribution in [0.5, 0.6) is 0 Å². The Bertz CT molecular complexity index is 1110. The summed E-state index contributed by atoms with van der Waals surface area (Å²) in [5.74, 6) is 0. The minimum Gasteiger partial charge on any atom is -0.302 e. The maximum Gasteiger partial charge on any atom is 0.329 e. The molecule has 0 aliphatic carbocycles. The summed E-state index contributed by atoms with van der Waals surface area (Å²) in [4.78, 5) is 32.5. The van der Waals surface area contributed by atoms with Crippen LogP contribution < -0.4 is 11.2 Å². The van der Waals surface area contributed by atoms with Gasteiger partial charge in [0.05, 0.1) is 15.4 Å². The number of nitrogens with zero attached hydrogens (tertiary/aromatic N) is 2. The molecule has 0 aliphatic heterocycles. The minimum absolute atomic E-state index is 0.261. The van der Waals surface area contributed by atoms with E-state index in [9.17, 15) is 9.59 Å². The van der Waals surface area contributed by atoms with Gasteiger partial charge in [-0.3, -0.25) is 14.3 Å². The summed E-state index contributed by atoms with van der Waals surface area (Å²) in [6.45, 7) is 8.90. The molecule has 3 aromatic rings. The van der Waals surface area contributed by atoms with Crippen molar-refractivity contribution in [2.24, 2.45) is 0 Å². The Balaban J connectivity index is 2.21. The summed E-state index contributed by atoms with van der Waals surface area (Å²) in [7, 11) is 0. The van der Waals surface area contributed by atoms with Crippen LogP contribution in [0.25, 0.3) is 21.3 Å². The number of H-pyrrole nitrogens is 1. The van der Waals surface area contributed by atoms with E-state index in [-0.39, 0.29) is 11.2 Å². The number of nitrogens with one attached hydrogen (secondary N) is 1. The third-order valence-electron chi connectivity index (χ3n) is 4.97. The van der Waals surface area contributed by atoms with E-state index in [1.807, 2.05) is 13.0 Å². The zero-order valence-electron chi connectivity index (χ0n) is 16.1. The van der Waals surface area contributed by atoms with Gasteiger partial charge in [-0.2, -0.15) is 0 Å². The quantitative estimate of drug-likeness (QED) is 0.583. The molecule has 3 rings (SSSR count). The van der Waals surface area contributed by atoms with Gasteiger partial charge in [0.25, 0.3) is 5.56 Å². The molecule has 1 N–H and O–H groups in total. The van der Waals surface area contributed by atoms with E-state index in [4.69, 9.17) is 23.2 Å². The van der Waals surface area contributed by atoms with Crippen molar-refractivity contribution in [3.63, 3.8) is 0 Å². The maximum absolute atomic E-state index is 13.3. The fourth-order valence-electron chi connectivity index (χ4n) is 3.35. The van der Waals surface area contributed by atoms with Crippen LogP contribution in [-0.4, -0.2) is 34.1 Å². The summed E-state index contributed by atoms with van der Waals surface area (Å²) in [5.41, 5.74) is 1.04. The number of aromatic amines is 1. The van der Waals surface area contributed by atoms with Gasteiger partial charge < -0.3 is 4.90 Å². The van der Waals surface area contributed by atoms with E-state index in [1.165, 1.54) is 15.9 Å². The third kappa shape index (κ3) is 3.92. The smallest absolute Gasteiger partial charge is 0.302 e. The summed E-state index contributed by atoms with van der Waals surface area (Å²) in [6.07, 6.45) is 0.746. The van der Waals surface area contributed by atoms with Gasteiger partial charge >= 0.3 is 5.69 Å². The molecule has 1 aromatic carbocycles. The lowest BCUT2D eigenvalue weighted by Gasteiger charge is -2.18. The highest BCUT2D eigenvalue weighted by Gasteiger charge is 2.20. The molecule has 2 aromatic heterocycles. The van der Waals surface area contributed by atoms with Gasteiger partial charge in [0.1, 0.15) is 4.83 Å². The normalized spacial score (nSPS) is 11.6. The Labute approximate surface area is 177 Å². The first-order valence-electron chi connectivity index (χ1n) is 9.37.